The van der Waals surface area contributed by atoms with Crippen molar-refractivity contribution in [2.24, 2.45) is 5.84 Å². The van der Waals surface area contributed by atoms with Gasteiger partial charge in [-0.1, -0.05) is 24.3 Å². The van der Waals surface area contributed by atoms with Crippen LogP contribution in [0.15, 0.2) is 30.5 Å². The zero-order chi connectivity index (χ0) is 15.1. The number of anilines is 1. The van der Waals surface area contributed by atoms with E-state index in [0.29, 0.717) is 24.5 Å². The Bertz CT molecular complexity index is 616. The van der Waals surface area contributed by atoms with Gasteiger partial charge in [-0.2, -0.15) is 0 Å². The number of pyridine rings is 1. The van der Waals surface area contributed by atoms with E-state index in [1.165, 1.54) is 0 Å². The maximum absolute atomic E-state index is 12.3. The summed E-state index contributed by atoms with van der Waals surface area (Å²) in [5.41, 5.74) is 3.10. The van der Waals surface area contributed by atoms with E-state index in [1.807, 2.05) is 24.3 Å². The van der Waals surface area contributed by atoms with Crippen LogP contribution in [0.5, 0.6) is 0 Å². The summed E-state index contributed by atoms with van der Waals surface area (Å²) in [6.07, 6.45) is 3.35. The first-order valence-electron chi connectivity index (χ1n) is 6.89. The summed E-state index contributed by atoms with van der Waals surface area (Å²) in [6.45, 7) is 1.32. The molecule has 1 amide bonds. The number of unbranched alkanes of at least 4 members (excludes halogenated alkanes) is 1. The zero-order valence-corrected chi connectivity index (χ0v) is 12.1. The summed E-state index contributed by atoms with van der Waals surface area (Å²) < 4.78 is 4.98. The van der Waals surface area contributed by atoms with Crippen LogP contribution in [0.1, 0.15) is 23.2 Å². The molecule has 0 aliphatic rings. The second-order valence-corrected chi connectivity index (χ2v) is 4.67. The third-order valence-corrected chi connectivity index (χ3v) is 3.24. The Kier molecular flexibility index (Phi) is 5.48. The standard InChI is InChI=1S/C15H20N4O2/c1-21-9-5-4-8-17-15(20)13-10-18-14(19-16)12-7-3-2-6-11(12)13/h2-3,6-7,10H,4-5,8-9,16H2,1H3,(H,17,20)(H,18,19). The van der Waals surface area contributed by atoms with Crippen LogP contribution in [-0.2, 0) is 4.74 Å². The molecule has 0 spiro atoms. The number of ether oxygens (including phenoxy) is 1. The van der Waals surface area contributed by atoms with E-state index in [4.69, 9.17) is 10.6 Å². The van der Waals surface area contributed by atoms with Crippen LogP contribution in [0.2, 0.25) is 0 Å². The fourth-order valence-electron chi connectivity index (χ4n) is 2.16. The highest BCUT2D eigenvalue weighted by atomic mass is 16.5. The topological polar surface area (TPSA) is 89.3 Å². The van der Waals surface area contributed by atoms with Crippen LogP contribution < -0.4 is 16.6 Å². The third kappa shape index (κ3) is 3.68. The number of fused-ring (bicyclic) bond motifs is 1. The molecule has 0 saturated carbocycles. The quantitative estimate of drug-likeness (QED) is 0.410. The lowest BCUT2D eigenvalue weighted by Crippen LogP contribution is -2.25. The molecule has 0 aliphatic heterocycles. The van der Waals surface area contributed by atoms with Gasteiger partial charge in [0.25, 0.3) is 5.91 Å². The van der Waals surface area contributed by atoms with Gasteiger partial charge in [0.05, 0.1) is 5.56 Å². The monoisotopic (exact) mass is 288 g/mol. The largest absolute Gasteiger partial charge is 0.385 e. The molecule has 2 rings (SSSR count). The van der Waals surface area contributed by atoms with Crippen LogP contribution in [0.25, 0.3) is 10.8 Å². The van der Waals surface area contributed by atoms with Crippen molar-refractivity contribution in [3.63, 3.8) is 0 Å². The highest BCUT2D eigenvalue weighted by Gasteiger charge is 2.12. The smallest absolute Gasteiger partial charge is 0.253 e. The number of hydrogen-bond donors (Lipinski definition) is 3. The number of nitrogens with zero attached hydrogens (tertiary/aromatic N) is 1. The SMILES string of the molecule is COCCCCNC(=O)c1cnc(NN)c2ccccc12. The van der Waals surface area contributed by atoms with Crippen molar-refractivity contribution in [1.82, 2.24) is 10.3 Å². The fraction of sp³-hybridized carbons (Fsp3) is 0.333. The first-order valence-corrected chi connectivity index (χ1v) is 6.89. The second kappa shape index (κ2) is 7.56. The normalized spacial score (nSPS) is 10.6. The number of nitrogens with two attached hydrogens (primary N) is 1. The minimum absolute atomic E-state index is 0.125. The summed E-state index contributed by atoms with van der Waals surface area (Å²) in [5.74, 6) is 5.88. The Labute approximate surface area is 123 Å². The Balaban J connectivity index is 2.13. The van der Waals surface area contributed by atoms with Crippen molar-refractivity contribution < 1.29 is 9.53 Å². The molecule has 0 atom stereocenters. The molecular weight excluding hydrogens is 268 g/mol. The third-order valence-electron chi connectivity index (χ3n) is 3.24. The molecule has 4 N–H and O–H groups in total. The van der Waals surface area contributed by atoms with E-state index in [0.717, 1.165) is 23.6 Å². The Morgan fingerprint density at radius 3 is 2.76 bits per heavy atom. The van der Waals surface area contributed by atoms with Crippen LogP contribution in [0.3, 0.4) is 0 Å². The average molecular weight is 288 g/mol. The van der Waals surface area contributed by atoms with E-state index in [-0.39, 0.29) is 5.91 Å². The molecule has 112 valence electrons. The van der Waals surface area contributed by atoms with Gasteiger partial charge in [0.2, 0.25) is 0 Å². The first kappa shape index (κ1) is 15.2. The van der Waals surface area contributed by atoms with Gasteiger partial charge in [0, 0.05) is 31.8 Å². The molecule has 1 aromatic carbocycles. The van der Waals surface area contributed by atoms with Crippen molar-refractivity contribution >= 4 is 22.5 Å². The van der Waals surface area contributed by atoms with E-state index >= 15 is 0 Å². The Hall–Kier alpha value is -2.18. The number of amides is 1. The number of methoxy groups -OCH3 is 1. The summed E-state index contributed by atoms with van der Waals surface area (Å²) in [7, 11) is 1.67. The molecule has 2 aromatic rings. The molecule has 21 heavy (non-hydrogen) atoms. The van der Waals surface area contributed by atoms with Crippen molar-refractivity contribution in [3.05, 3.63) is 36.0 Å². The lowest BCUT2D eigenvalue weighted by Gasteiger charge is -2.10. The Morgan fingerprint density at radius 2 is 2.05 bits per heavy atom. The van der Waals surface area contributed by atoms with E-state index in [1.54, 1.807) is 13.3 Å². The van der Waals surface area contributed by atoms with Gasteiger partial charge in [-0.3, -0.25) is 4.79 Å². The van der Waals surface area contributed by atoms with Gasteiger partial charge in [-0.25, -0.2) is 10.8 Å². The minimum Gasteiger partial charge on any atom is -0.385 e. The predicted molar refractivity (Wildman–Crippen MR) is 83.0 cm³/mol. The van der Waals surface area contributed by atoms with E-state index < -0.39 is 0 Å². The van der Waals surface area contributed by atoms with E-state index in [9.17, 15) is 4.79 Å². The second-order valence-electron chi connectivity index (χ2n) is 4.67. The molecule has 0 fully saturated rings. The molecule has 1 aromatic heterocycles. The maximum Gasteiger partial charge on any atom is 0.253 e. The molecule has 0 unspecified atom stereocenters. The van der Waals surface area contributed by atoms with Crippen LogP contribution in [-0.4, -0.2) is 31.2 Å². The minimum atomic E-state index is -0.125. The number of nitrogens with one attached hydrogen (secondary N) is 2. The summed E-state index contributed by atoms with van der Waals surface area (Å²) >= 11 is 0. The summed E-state index contributed by atoms with van der Waals surface area (Å²) in [5, 5.41) is 4.56. The molecule has 6 nitrogen and oxygen atoms in total. The number of hydrazine groups is 1. The van der Waals surface area contributed by atoms with Crippen LogP contribution in [0.4, 0.5) is 5.82 Å². The van der Waals surface area contributed by atoms with Gasteiger partial charge in [0.1, 0.15) is 5.82 Å². The summed E-state index contributed by atoms with van der Waals surface area (Å²) in [6, 6.07) is 7.54. The Morgan fingerprint density at radius 1 is 1.29 bits per heavy atom. The maximum atomic E-state index is 12.3. The van der Waals surface area contributed by atoms with Crippen LogP contribution >= 0.6 is 0 Å². The zero-order valence-electron chi connectivity index (χ0n) is 12.1. The van der Waals surface area contributed by atoms with Crippen molar-refractivity contribution in [1.29, 1.82) is 0 Å². The summed E-state index contributed by atoms with van der Waals surface area (Å²) in [4.78, 5) is 16.4. The molecule has 0 bridgehead atoms. The van der Waals surface area contributed by atoms with Gasteiger partial charge in [0.15, 0.2) is 0 Å². The van der Waals surface area contributed by atoms with Gasteiger partial charge in [-0.15, -0.1) is 0 Å². The molecule has 6 heteroatoms. The van der Waals surface area contributed by atoms with Gasteiger partial charge >= 0.3 is 0 Å². The van der Waals surface area contributed by atoms with Crippen molar-refractivity contribution in [3.8, 4) is 0 Å². The van der Waals surface area contributed by atoms with Crippen molar-refractivity contribution in [2.45, 2.75) is 12.8 Å². The van der Waals surface area contributed by atoms with E-state index in [2.05, 4.69) is 15.7 Å². The fourth-order valence-corrected chi connectivity index (χ4v) is 2.16. The number of rotatable bonds is 7. The van der Waals surface area contributed by atoms with Gasteiger partial charge in [-0.05, 0) is 18.2 Å². The first-order chi connectivity index (χ1) is 10.3. The highest BCUT2D eigenvalue weighted by Crippen LogP contribution is 2.23. The lowest BCUT2D eigenvalue weighted by molar-refractivity contribution is 0.0952. The predicted octanol–water partition coefficient (Wildman–Crippen LogP) is 1.68. The molecule has 0 aliphatic carbocycles. The average Bonchev–Trinajstić information content (AvgIpc) is 2.53. The molecule has 1 heterocycles. The van der Waals surface area contributed by atoms with Crippen LogP contribution in [0, 0.1) is 0 Å². The molecule has 0 radical (unpaired) electrons. The molecular formula is C15H20N4O2. The lowest BCUT2D eigenvalue weighted by atomic mass is 10.1. The number of hydrogen-bond acceptors (Lipinski definition) is 5. The number of nitrogen functional groups attached to an aromatic ring is 1. The van der Waals surface area contributed by atoms with Gasteiger partial charge < -0.3 is 15.5 Å². The number of carbonyl (C=O) groups excluding carboxylic acids is 1. The number of benzene rings is 1. The van der Waals surface area contributed by atoms with Crippen molar-refractivity contribution in [2.75, 3.05) is 25.7 Å². The molecule has 0 saturated heterocycles. The highest BCUT2D eigenvalue weighted by molar-refractivity contribution is 6.09. The number of aromatic nitrogens is 1. The number of carbonyl (C=O) groups is 1.